The summed E-state index contributed by atoms with van der Waals surface area (Å²) in [6.07, 6.45) is 1.00. The molecule has 164 valence electrons. The van der Waals surface area contributed by atoms with Crippen LogP contribution in [0, 0.1) is 13.8 Å². The van der Waals surface area contributed by atoms with E-state index in [9.17, 15) is 4.79 Å². The van der Waals surface area contributed by atoms with Gasteiger partial charge in [-0.3, -0.25) is 4.79 Å². The number of thiocarbonyl (C=S) groups is 1. The summed E-state index contributed by atoms with van der Waals surface area (Å²) in [5, 5.41) is 5.08. The van der Waals surface area contributed by atoms with E-state index < -0.39 is 0 Å². The first kappa shape index (κ1) is 23.0. The van der Waals surface area contributed by atoms with E-state index in [1.54, 1.807) is 0 Å². The van der Waals surface area contributed by atoms with E-state index in [0.717, 1.165) is 36.0 Å². The lowest BCUT2D eigenvalue weighted by molar-refractivity contribution is 0.383. The van der Waals surface area contributed by atoms with E-state index in [2.05, 4.69) is 66.2 Å². The van der Waals surface area contributed by atoms with Gasteiger partial charge in [0.25, 0.3) is 5.56 Å². The van der Waals surface area contributed by atoms with Crippen molar-refractivity contribution >= 4 is 28.2 Å². The van der Waals surface area contributed by atoms with Crippen molar-refractivity contribution in [3.8, 4) is 0 Å². The first-order valence-electron chi connectivity index (χ1n) is 10.7. The van der Waals surface area contributed by atoms with Crippen molar-refractivity contribution < 1.29 is 0 Å². The fourth-order valence-electron chi connectivity index (χ4n) is 3.55. The molecule has 0 aliphatic rings. The monoisotopic (exact) mass is 436 g/mol. The van der Waals surface area contributed by atoms with E-state index in [1.165, 1.54) is 11.1 Å². The number of fused-ring (bicyclic) bond motifs is 1. The lowest BCUT2D eigenvalue weighted by atomic mass is 10.0. The molecule has 0 radical (unpaired) electrons. The first-order chi connectivity index (χ1) is 14.8. The number of nitrogens with one attached hydrogen (secondary N) is 2. The minimum Gasteiger partial charge on any atom is -0.363 e. The van der Waals surface area contributed by atoms with Crippen LogP contribution in [0.3, 0.4) is 0 Å². The van der Waals surface area contributed by atoms with Crippen LogP contribution in [0.25, 0.3) is 10.9 Å². The second-order valence-corrected chi connectivity index (χ2v) is 8.76. The Kier molecular flexibility index (Phi) is 7.82. The number of hydrogen-bond donors (Lipinski definition) is 2. The Morgan fingerprint density at radius 3 is 2.45 bits per heavy atom. The molecule has 31 heavy (non-hydrogen) atoms. The van der Waals surface area contributed by atoms with Gasteiger partial charge in [-0.25, -0.2) is 0 Å². The summed E-state index contributed by atoms with van der Waals surface area (Å²) in [6, 6.07) is 16.4. The van der Waals surface area contributed by atoms with Crippen LogP contribution in [-0.4, -0.2) is 47.1 Å². The smallest absolute Gasteiger partial charge is 0.253 e. The fourth-order valence-corrected chi connectivity index (χ4v) is 3.78. The number of benzene rings is 2. The topological polar surface area (TPSA) is 51.4 Å². The maximum atomic E-state index is 12.8. The van der Waals surface area contributed by atoms with Gasteiger partial charge in [-0.1, -0.05) is 30.3 Å². The molecule has 3 aromatic rings. The summed E-state index contributed by atoms with van der Waals surface area (Å²) in [7, 11) is 4.13. The summed E-state index contributed by atoms with van der Waals surface area (Å²) in [4.78, 5) is 20.1. The van der Waals surface area contributed by atoms with E-state index in [1.807, 2.05) is 30.3 Å². The van der Waals surface area contributed by atoms with E-state index >= 15 is 0 Å². The lowest BCUT2D eigenvalue weighted by Crippen LogP contribution is -2.40. The molecule has 6 heteroatoms. The van der Waals surface area contributed by atoms with Gasteiger partial charge in [0.2, 0.25) is 0 Å². The zero-order valence-corrected chi connectivity index (χ0v) is 19.7. The quantitative estimate of drug-likeness (QED) is 0.413. The number of nitrogens with zero attached hydrogens (tertiary/aromatic N) is 2. The molecule has 0 saturated carbocycles. The Balaban J connectivity index is 1.83. The van der Waals surface area contributed by atoms with Crippen LogP contribution in [0.5, 0.6) is 0 Å². The standard InChI is InChI=1S/C25H32N4OS/c1-18-13-21-15-22(24(30)27-23(21)14-19(18)2)17-29(16-20-9-6-5-7-10-20)25(31)26-11-8-12-28(3)4/h5-7,9-10,13-15H,8,11-12,16-17H2,1-4H3,(H,26,31)(H,27,30). The Morgan fingerprint density at radius 2 is 1.74 bits per heavy atom. The molecule has 0 amide bonds. The number of aromatic amines is 1. The van der Waals surface area contributed by atoms with Crippen molar-refractivity contribution in [3.05, 3.63) is 81.1 Å². The predicted molar refractivity (Wildman–Crippen MR) is 134 cm³/mol. The van der Waals surface area contributed by atoms with Crippen LogP contribution in [0.15, 0.2) is 53.3 Å². The summed E-state index contributed by atoms with van der Waals surface area (Å²) < 4.78 is 0. The molecule has 0 spiro atoms. The van der Waals surface area contributed by atoms with Crippen molar-refractivity contribution in [2.24, 2.45) is 0 Å². The predicted octanol–water partition coefficient (Wildman–Crippen LogP) is 3.97. The average Bonchev–Trinajstić information content (AvgIpc) is 2.73. The van der Waals surface area contributed by atoms with Crippen molar-refractivity contribution in [1.29, 1.82) is 0 Å². The Morgan fingerprint density at radius 1 is 1.03 bits per heavy atom. The van der Waals surface area contributed by atoms with Crippen LogP contribution < -0.4 is 10.9 Å². The normalized spacial score (nSPS) is 11.1. The Labute approximate surface area is 190 Å². The van der Waals surface area contributed by atoms with Gasteiger partial charge >= 0.3 is 0 Å². The van der Waals surface area contributed by atoms with Gasteiger partial charge in [-0.15, -0.1) is 0 Å². The maximum Gasteiger partial charge on any atom is 0.253 e. The van der Waals surface area contributed by atoms with Gasteiger partial charge in [-0.05, 0) is 93.4 Å². The van der Waals surface area contributed by atoms with Gasteiger partial charge < -0.3 is 20.1 Å². The first-order valence-corrected chi connectivity index (χ1v) is 11.1. The number of pyridine rings is 1. The van der Waals surface area contributed by atoms with Gasteiger partial charge in [0.05, 0.1) is 6.54 Å². The molecule has 0 fully saturated rings. The molecule has 0 aliphatic heterocycles. The highest BCUT2D eigenvalue weighted by Gasteiger charge is 2.14. The second-order valence-electron chi connectivity index (χ2n) is 8.38. The van der Waals surface area contributed by atoms with Gasteiger partial charge in [0.15, 0.2) is 5.11 Å². The molecule has 2 aromatic carbocycles. The number of aryl methyl sites for hydroxylation is 2. The van der Waals surface area contributed by atoms with E-state index in [0.29, 0.717) is 23.8 Å². The lowest BCUT2D eigenvalue weighted by Gasteiger charge is -2.26. The molecule has 1 aromatic heterocycles. The number of hydrogen-bond acceptors (Lipinski definition) is 3. The summed E-state index contributed by atoms with van der Waals surface area (Å²) in [5.74, 6) is 0. The zero-order chi connectivity index (χ0) is 22.4. The zero-order valence-electron chi connectivity index (χ0n) is 18.9. The van der Waals surface area contributed by atoms with Gasteiger partial charge in [0, 0.05) is 24.2 Å². The van der Waals surface area contributed by atoms with Gasteiger partial charge in [0.1, 0.15) is 0 Å². The molecule has 3 rings (SSSR count). The number of H-pyrrole nitrogens is 1. The highest BCUT2D eigenvalue weighted by atomic mass is 32.1. The second kappa shape index (κ2) is 10.6. The molecular weight excluding hydrogens is 404 g/mol. The molecule has 0 atom stereocenters. The molecule has 0 saturated heterocycles. The molecule has 0 unspecified atom stereocenters. The SMILES string of the molecule is Cc1cc2cc(CN(Cc3ccccc3)C(=S)NCCCN(C)C)c(=O)[nH]c2cc1C. The Bertz CT molecular complexity index is 1090. The van der Waals surface area contributed by atoms with Crippen LogP contribution >= 0.6 is 12.2 Å². The molecule has 5 nitrogen and oxygen atoms in total. The number of rotatable bonds is 8. The Hall–Kier alpha value is -2.70. The molecule has 2 N–H and O–H groups in total. The summed E-state index contributed by atoms with van der Waals surface area (Å²) >= 11 is 5.72. The largest absolute Gasteiger partial charge is 0.363 e. The van der Waals surface area contributed by atoms with E-state index in [-0.39, 0.29) is 5.56 Å². The molecule has 0 aliphatic carbocycles. The average molecular weight is 437 g/mol. The maximum absolute atomic E-state index is 12.8. The summed E-state index contributed by atoms with van der Waals surface area (Å²) in [5.41, 5.74) is 5.06. The van der Waals surface area contributed by atoms with Gasteiger partial charge in [-0.2, -0.15) is 0 Å². The number of aromatic nitrogens is 1. The third-order valence-corrected chi connectivity index (χ3v) is 5.86. The third kappa shape index (κ3) is 6.39. The van der Waals surface area contributed by atoms with Crippen molar-refractivity contribution in [2.75, 3.05) is 27.2 Å². The third-order valence-electron chi connectivity index (χ3n) is 5.46. The summed E-state index contributed by atoms with van der Waals surface area (Å²) in [6.45, 7) is 7.04. The van der Waals surface area contributed by atoms with Crippen molar-refractivity contribution in [1.82, 2.24) is 20.1 Å². The molecular formula is C25H32N4OS. The van der Waals surface area contributed by atoms with Crippen LogP contribution in [-0.2, 0) is 13.1 Å². The van der Waals surface area contributed by atoms with Crippen LogP contribution in [0.2, 0.25) is 0 Å². The minimum atomic E-state index is -0.0655. The van der Waals surface area contributed by atoms with Crippen LogP contribution in [0.4, 0.5) is 0 Å². The highest BCUT2D eigenvalue weighted by molar-refractivity contribution is 7.80. The fraction of sp³-hybridized carbons (Fsp3) is 0.360. The van der Waals surface area contributed by atoms with Crippen LogP contribution in [0.1, 0.15) is 28.7 Å². The highest BCUT2D eigenvalue weighted by Crippen LogP contribution is 2.18. The van der Waals surface area contributed by atoms with Crippen molar-refractivity contribution in [2.45, 2.75) is 33.4 Å². The molecule has 1 heterocycles. The van der Waals surface area contributed by atoms with Crippen molar-refractivity contribution in [3.63, 3.8) is 0 Å². The molecule has 0 bridgehead atoms. The van der Waals surface area contributed by atoms with E-state index in [4.69, 9.17) is 12.2 Å². The minimum absolute atomic E-state index is 0.0655.